The Labute approximate surface area is 97.1 Å². The normalized spacial score (nSPS) is 23.1. The zero-order chi connectivity index (χ0) is 9.52. The van der Waals surface area contributed by atoms with Crippen molar-refractivity contribution in [1.82, 2.24) is 11.1 Å². The van der Waals surface area contributed by atoms with E-state index in [-0.39, 0.29) is 6.15 Å². The molecule has 0 amide bonds. The fourth-order valence-corrected chi connectivity index (χ4v) is 2.68. The summed E-state index contributed by atoms with van der Waals surface area (Å²) in [5.41, 5.74) is 0. The molecule has 1 fully saturated rings. The number of unbranched alkanes of at least 4 members (excludes halogenated alkanes) is 3. The first-order chi connectivity index (χ1) is 6.34. The average molecular weight is 265 g/mol. The van der Waals surface area contributed by atoms with Crippen LogP contribution in [0.5, 0.6) is 0 Å². The number of hydrogen-bond acceptors (Lipinski definition) is 2. The number of nitrogens with zero attached hydrogens (tertiary/aromatic N) is 1. The van der Waals surface area contributed by atoms with Gasteiger partial charge in [-0.1, -0.05) is 42.1 Å². The molecule has 0 bridgehead atoms. The molecule has 0 saturated carbocycles. The molecule has 0 aromatic rings. The maximum atomic E-state index is 3.75. The fraction of sp³-hybridized carbons (Fsp3) is 1.00. The van der Waals surface area contributed by atoms with Gasteiger partial charge in [-0.3, -0.25) is 4.90 Å². The summed E-state index contributed by atoms with van der Waals surface area (Å²) in [4.78, 5) is 3.27. The average Bonchev–Trinajstić information content (AvgIpc) is 2.15. The van der Waals surface area contributed by atoms with Crippen molar-refractivity contribution in [3.05, 3.63) is 0 Å². The van der Waals surface area contributed by atoms with E-state index in [1.807, 2.05) is 0 Å². The minimum Gasteiger partial charge on any atom is -0.344 e. The van der Waals surface area contributed by atoms with E-state index in [4.69, 9.17) is 0 Å². The Morgan fingerprint density at radius 2 is 2.00 bits per heavy atom. The van der Waals surface area contributed by atoms with E-state index in [1.165, 1.54) is 58.0 Å². The van der Waals surface area contributed by atoms with Gasteiger partial charge in [-0.2, -0.15) is 0 Å². The second-order valence-electron chi connectivity index (χ2n) is 4.03. The monoisotopic (exact) mass is 264 g/mol. The second-order valence-corrected chi connectivity index (χ2v) is 5.08. The summed E-state index contributed by atoms with van der Waals surface area (Å²) >= 11 is 3.75. The number of piperidine rings is 1. The van der Waals surface area contributed by atoms with Crippen molar-refractivity contribution in [3.63, 3.8) is 0 Å². The summed E-state index contributed by atoms with van der Waals surface area (Å²) in [6.45, 7) is 4.88. The van der Waals surface area contributed by atoms with E-state index in [9.17, 15) is 0 Å². The van der Waals surface area contributed by atoms with Crippen LogP contribution in [0.15, 0.2) is 0 Å². The van der Waals surface area contributed by atoms with Crippen molar-refractivity contribution >= 4 is 15.9 Å². The van der Waals surface area contributed by atoms with Gasteiger partial charge in [0.2, 0.25) is 0 Å². The minimum absolute atomic E-state index is 0. The molecule has 1 heterocycles. The van der Waals surface area contributed by atoms with Crippen molar-refractivity contribution in [1.29, 1.82) is 0 Å². The van der Waals surface area contributed by atoms with Gasteiger partial charge in [0, 0.05) is 0 Å². The molecule has 14 heavy (non-hydrogen) atoms. The highest BCUT2D eigenvalue weighted by atomic mass is 79.9. The number of hydrogen-bond donors (Lipinski definition) is 1. The van der Waals surface area contributed by atoms with Crippen molar-refractivity contribution < 1.29 is 0 Å². The van der Waals surface area contributed by atoms with Gasteiger partial charge in [0.15, 0.2) is 0 Å². The smallest absolute Gasteiger partial charge is 0.0655 e. The molecule has 3 heteroatoms. The Hall–Kier alpha value is 0.400. The van der Waals surface area contributed by atoms with Crippen LogP contribution >= 0.6 is 15.9 Å². The lowest BCUT2D eigenvalue weighted by Gasteiger charge is -2.31. The number of alkyl halides is 1. The van der Waals surface area contributed by atoms with Gasteiger partial charge < -0.3 is 6.15 Å². The molecule has 1 saturated heterocycles. The predicted octanol–water partition coefficient (Wildman–Crippen LogP) is 3.94. The maximum Gasteiger partial charge on any atom is 0.0655 e. The lowest BCUT2D eigenvalue weighted by Crippen LogP contribution is -2.36. The first kappa shape index (κ1) is 14.4. The third kappa shape index (κ3) is 5.32. The SMILES string of the molecule is CCCCCCN1CCCCC1Br.N. The zero-order valence-corrected chi connectivity index (χ0v) is 11.1. The second kappa shape index (κ2) is 8.69. The summed E-state index contributed by atoms with van der Waals surface area (Å²) in [6, 6.07) is 0. The summed E-state index contributed by atoms with van der Waals surface area (Å²) in [5, 5.41) is 0. The Balaban J connectivity index is 0.00000169. The van der Waals surface area contributed by atoms with Crippen LogP contribution in [0.2, 0.25) is 0 Å². The fourth-order valence-electron chi connectivity index (χ4n) is 1.94. The predicted molar refractivity (Wildman–Crippen MR) is 67.3 cm³/mol. The maximum absolute atomic E-state index is 3.75. The highest BCUT2D eigenvalue weighted by Gasteiger charge is 2.18. The topological polar surface area (TPSA) is 38.2 Å². The van der Waals surface area contributed by atoms with E-state index in [2.05, 4.69) is 27.8 Å². The van der Waals surface area contributed by atoms with E-state index in [0.29, 0.717) is 4.95 Å². The molecule has 0 aromatic carbocycles. The van der Waals surface area contributed by atoms with Crippen molar-refractivity contribution in [3.8, 4) is 0 Å². The van der Waals surface area contributed by atoms with Crippen LogP contribution in [-0.2, 0) is 0 Å². The Bertz CT molecular complexity index is 130. The summed E-state index contributed by atoms with van der Waals surface area (Å²) in [6.07, 6.45) is 9.69. The largest absolute Gasteiger partial charge is 0.344 e. The molecule has 1 aliphatic rings. The zero-order valence-electron chi connectivity index (χ0n) is 9.47. The molecule has 1 unspecified atom stereocenters. The van der Waals surface area contributed by atoms with E-state index >= 15 is 0 Å². The van der Waals surface area contributed by atoms with Crippen LogP contribution in [0, 0.1) is 0 Å². The molecular weight excluding hydrogens is 240 g/mol. The summed E-state index contributed by atoms with van der Waals surface area (Å²) < 4.78 is 0. The van der Waals surface area contributed by atoms with E-state index in [1.54, 1.807) is 0 Å². The Morgan fingerprint density at radius 1 is 1.21 bits per heavy atom. The van der Waals surface area contributed by atoms with E-state index < -0.39 is 0 Å². The molecule has 1 aliphatic heterocycles. The highest BCUT2D eigenvalue weighted by Crippen LogP contribution is 2.21. The molecule has 0 aliphatic carbocycles. The van der Waals surface area contributed by atoms with Gasteiger partial charge in [0.25, 0.3) is 0 Å². The molecule has 0 radical (unpaired) electrons. The van der Waals surface area contributed by atoms with E-state index in [0.717, 1.165) is 0 Å². The van der Waals surface area contributed by atoms with Gasteiger partial charge in [0.1, 0.15) is 0 Å². The lowest BCUT2D eigenvalue weighted by molar-refractivity contribution is 0.206. The summed E-state index contributed by atoms with van der Waals surface area (Å²) in [5.74, 6) is 0. The third-order valence-corrected chi connectivity index (χ3v) is 3.87. The number of rotatable bonds is 5. The van der Waals surface area contributed by atoms with Crippen LogP contribution in [0.1, 0.15) is 51.9 Å². The molecule has 1 atom stereocenters. The lowest BCUT2D eigenvalue weighted by atomic mass is 10.1. The summed E-state index contributed by atoms with van der Waals surface area (Å²) in [7, 11) is 0. The van der Waals surface area contributed by atoms with Gasteiger partial charge in [-0.05, 0) is 38.8 Å². The molecule has 2 nitrogen and oxygen atoms in total. The van der Waals surface area contributed by atoms with Gasteiger partial charge in [-0.25, -0.2) is 0 Å². The van der Waals surface area contributed by atoms with Gasteiger partial charge >= 0.3 is 0 Å². The van der Waals surface area contributed by atoms with Crippen molar-refractivity contribution in [2.75, 3.05) is 13.1 Å². The standard InChI is InChI=1S/C11H22BrN.H3N/c1-2-3-4-6-9-13-10-7-5-8-11(13)12;/h11H,2-10H2,1H3;1H3. The van der Waals surface area contributed by atoms with Crippen LogP contribution in [0.25, 0.3) is 0 Å². The molecular formula is C11H25BrN2. The molecule has 0 spiro atoms. The molecule has 86 valence electrons. The van der Waals surface area contributed by atoms with Crippen LogP contribution in [-0.4, -0.2) is 22.9 Å². The molecule has 3 N–H and O–H groups in total. The third-order valence-electron chi connectivity index (χ3n) is 2.83. The van der Waals surface area contributed by atoms with Gasteiger partial charge in [-0.15, -0.1) is 0 Å². The molecule has 1 rings (SSSR count). The Kier molecular flexibility index (Phi) is 8.94. The van der Waals surface area contributed by atoms with Crippen LogP contribution < -0.4 is 6.15 Å². The minimum atomic E-state index is 0. The molecule has 0 aromatic heterocycles. The number of halogens is 1. The Morgan fingerprint density at radius 3 is 2.64 bits per heavy atom. The van der Waals surface area contributed by atoms with Crippen molar-refractivity contribution in [2.24, 2.45) is 0 Å². The quantitative estimate of drug-likeness (QED) is 0.464. The van der Waals surface area contributed by atoms with Crippen molar-refractivity contribution in [2.45, 2.75) is 56.8 Å². The van der Waals surface area contributed by atoms with Gasteiger partial charge in [0.05, 0.1) is 4.95 Å². The first-order valence-electron chi connectivity index (χ1n) is 5.72. The van der Waals surface area contributed by atoms with Crippen LogP contribution in [0.4, 0.5) is 0 Å². The highest BCUT2D eigenvalue weighted by molar-refractivity contribution is 9.09. The number of likely N-dealkylation sites (tertiary alicyclic amines) is 1. The van der Waals surface area contributed by atoms with Crippen LogP contribution in [0.3, 0.4) is 0 Å². The first-order valence-corrected chi connectivity index (χ1v) is 6.64.